The van der Waals surface area contributed by atoms with Crippen molar-refractivity contribution in [1.82, 2.24) is 4.98 Å². The Bertz CT molecular complexity index is 839. The lowest BCUT2D eigenvalue weighted by Crippen LogP contribution is -2.03. The monoisotopic (exact) mass is 385 g/mol. The molecule has 7 heteroatoms. The summed E-state index contributed by atoms with van der Waals surface area (Å²) in [6.45, 7) is 0. The van der Waals surface area contributed by atoms with Gasteiger partial charge in [-0.1, -0.05) is 23.1 Å². The maximum absolute atomic E-state index is 5.86. The van der Waals surface area contributed by atoms with E-state index in [4.69, 9.17) is 20.2 Å². The fourth-order valence-electron chi connectivity index (χ4n) is 2.38. The summed E-state index contributed by atoms with van der Waals surface area (Å²) >= 11 is 2.91. The molecular formula is C19H19N3O2S2. The molecule has 0 amide bonds. The van der Waals surface area contributed by atoms with Crippen molar-refractivity contribution in [3.63, 3.8) is 0 Å². The van der Waals surface area contributed by atoms with Gasteiger partial charge in [0.2, 0.25) is 5.13 Å². The normalized spacial score (nSPS) is 11.4. The molecule has 26 heavy (non-hydrogen) atoms. The van der Waals surface area contributed by atoms with Gasteiger partial charge in [0.1, 0.15) is 11.5 Å². The van der Waals surface area contributed by atoms with E-state index in [1.54, 1.807) is 14.2 Å². The number of benzene rings is 2. The van der Waals surface area contributed by atoms with Crippen LogP contribution in [0.1, 0.15) is 0 Å². The zero-order chi connectivity index (χ0) is 18.5. The molecule has 0 fully saturated rings. The van der Waals surface area contributed by atoms with Crippen LogP contribution in [0.25, 0.3) is 21.7 Å². The van der Waals surface area contributed by atoms with Gasteiger partial charge in [-0.25, -0.2) is 4.98 Å². The van der Waals surface area contributed by atoms with Crippen LogP contribution in [0.4, 0.5) is 5.13 Å². The molecular weight excluding hydrogens is 366 g/mol. The van der Waals surface area contributed by atoms with Gasteiger partial charge in [-0.2, -0.15) is 4.99 Å². The molecule has 1 heterocycles. The molecule has 0 aliphatic carbocycles. The first-order valence-electron chi connectivity index (χ1n) is 7.82. The zero-order valence-corrected chi connectivity index (χ0v) is 16.4. The van der Waals surface area contributed by atoms with E-state index in [0.717, 1.165) is 33.2 Å². The van der Waals surface area contributed by atoms with Crippen molar-refractivity contribution in [3.05, 3.63) is 48.5 Å². The molecule has 3 rings (SSSR count). The lowest BCUT2D eigenvalue weighted by molar-refractivity contribution is 0.414. The maximum atomic E-state index is 5.86. The van der Waals surface area contributed by atoms with Crippen LogP contribution in [0, 0.1) is 0 Å². The summed E-state index contributed by atoms with van der Waals surface area (Å²) in [4.78, 5) is 10.1. The summed E-state index contributed by atoms with van der Waals surface area (Å²) in [6, 6.07) is 15.7. The van der Waals surface area contributed by atoms with Crippen molar-refractivity contribution in [2.45, 2.75) is 0 Å². The van der Waals surface area contributed by atoms with Gasteiger partial charge in [0.05, 0.1) is 24.8 Å². The van der Waals surface area contributed by atoms with Crippen molar-refractivity contribution < 1.29 is 9.47 Å². The van der Waals surface area contributed by atoms with E-state index in [9.17, 15) is 0 Å². The Balaban J connectivity index is 2.10. The van der Waals surface area contributed by atoms with Gasteiger partial charge in [-0.05, 0) is 60.4 Å². The molecule has 0 atom stereocenters. The highest BCUT2D eigenvalue weighted by Crippen LogP contribution is 2.41. The van der Waals surface area contributed by atoms with E-state index in [1.807, 2.05) is 54.8 Å². The minimum absolute atomic E-state index is 0.487. The molecule has 0 radical (unpaired) electrons. The van der Waals surface area contributed by atoms with Crippen LogP contribution in [-0.2, 0) is 0 Å². The smallest absolute Gasteiger partial charge is 0.212 e. The lowest BCUT2D eigenvalue weighted by atomic mass is 10.1. The number of amidine groups is 1. The maximum Gasteiger partial charge on any atom is 0.212 e. The molecule has 0 saturated heterocycles. The number of nitrogens with zero attached hydrogens (tertiary/aromatic N) is 2. The zero-order valence-electron chi connectivity index (χ0n) is 14.7. The fraction of sp³-hybridized carbons (Fsp3) is 0.158. The van der Waals surface area contributed by atoms with Gasteiger partial charge in [0.15, 0.2) is 5.17 Å². The van der Waals surface area contributed by atoms with Crippen LogP contribution in [-0.4, -0.2) is 30.6 Å². The first-order chi connectivity index (χ1) is 12.6. The SMILES string of the molecule is COc1ccc(-c2nc(/N=C(/N)SC)sc2-c2ccc(OC)cc2)cc1. The molecule has 5 nitrogen and oxygen atoms in total. The Hall–Kier alpha value is -2.51. The third-order valence-corrected chi connectivity index (χ3v) is 5.25. The number of thioether (sulfide) groups is 1. The largest absolute Gasteiger partial charge is 0.497 e. The highest BCUT2D eigenvalue weighted by atomic mass is 32.2. The van der Waals surface area contributed by atoms with Crippen LogP contribution < -0.4 is 15.2 Å². The number of ether oxygens (including phenoxy) is 2. The van der Waals surface area contributed by atoms with E-state index < -0.39 is 0 Å². The number of thiazole rings is 1. The second-order valence-corrected chi connectivity index (χ2v) is 7.09. The number of methoxy groups -OCH3 is 2. The van der Waals surface area contributed by atoms with E-state index in [-0.39, 0.29) is 0 Å². The summed E-state index contributed by atoms with van der Waals surface area (Å²) in [5.74, 6) is 1.62. The van der Waals surface area contributed by atoms with Crippen LogP contribution >= 0.6 is 23.1 Å². The van der Waals surface area contributed by atoms with Gasteiger partial charge >= 0.3 is 0 Å². The third-order valence-electron chi connectivity index (χ3n) is 3.75. The van der Waals surface area contributed by atoms with Crippen molar-refractivity contribution in [2.24, 2.45) is 10.7 Å². The number of rotatable bonds is 5. The van der Waals surface area contributed by atoms with Gasteiger partial charge in [-0.3, -0.25) is 0 Å². The average Bonchev–Trinajstić information content (AvgIpc) is 3.11. The molecule has 0 bridgehead atoms. The van der Waals surface area contributed by atoms with Crippen LogP contribution in [0.3, 0.4) is 0 Å². The molecule has 3 aromatic rings. The number of nitrogens with two attached hydrogens (primary N) is 1. The molecule has 0 spiro atoms. The summed E-state index contributed by atoms with van der Waals surface area (Å²) in [7, 11) is 3.31. The standard InChI is InChI=1S/C19H19N3O2S2/c1-23-14-8-4-12(5-9-14)16-17(13-6-10-15(24-2)11-7-13)26-19(21-16)22-18(20)25-3/h4-11H,1-3H3,(H2,20,21,22). The summed E-state index contributed by atoms with van der Waals surface area (Å²) < 4.78 is 10.5. The lowest BCUT2D eigenvalue weighted by Gasteiger charge is -2.05. The van der Waals surface area contributed by atoms with Crippen molar-refractivity contribution in [1.29, 1.82) is 0 Å². The first-order valence-corrected chi connectivity index (χ1v) is 9.86. The highest BCUT2D eigenvalue weighted by molar-refractivity contribution is 8.13. The molecule has 134 valence electrons. The number of hydrogen-bond acceptors (Lipinski definition) is 6. The van der Waals surface area contributed by atoms with Crippen LogP contribution in [0.5, 0.6) is 11.5 Å². The highest BCUT2D eigenvalue weighted by Gasteiger charge is 2.15. The number of aromatic nitrogens is 1. The average molecular weight is 386 g/mol. The molecule has 0 unspecified atom stereocenters. The summed E-state index contributed by atoms with van der Waals surface area (Å²) in [5.41, 5.74) is 8.79. The topological polar surface area (TPSA) is 69.7 Å². The predicted octanol–water partition coefficient (Wildman–Crippen LogP) is 4.80. The van der Waals surface area contributed by atoms with Gasteiger partial charge < -0.3 is 15.2 Å². The Morgan fingerprint density at radius 1 is 0.962 bits per heavy atom. The van der Waals surface area contributed by atoms with Crippen LogP contribution in [0.15, 0.2) is 53.5 Å². The molecule has 0 aliphatic heterocycles. The number of aliphatic imine (C=N–C) groups is 1. The molecule has 2 N–H and O–H groups in total. The van der Waals surface area contributed by atoms with Crippen molar-refractivity contribution in [2.75, 3.05) is 20.5 Å². The Labute approximate surface area is 160 Å². The van der Waals surface area contributed by atoms with Gasteiger partial charge in [-0.15, -0.1) is 0 Å². The second kappa shape index (κ2) is 8.25. The van der Waals surface area contributed by atoms with Crippen molar-refractivity contribution in [3.8, 4) is 33.2 Å². The fourth-order valence-corrected chi connectivity index (χ4v) is 3.59. The summed E-state index contributed by atoms with van der Waals surface area (Å²) in [6.07, 6.45) is 1.89. The first kappa shape index (κ1) is 18.3. The van der Waals surface area contributed by atoms with Gasteiger partial charge in [0, 0.05) is 5.56 Å². The van der Waals surface area contributed by atoms with E-state index in [2.05, 4.69) is 4.99 Å². The van der Waals surface area contributed by atoms with E-state index in [0.29, 0.717) is 10.3 Å². The quantitative estimate of drug-likeness (QED) is 0.504. The van der Waals surface area contributed by atoms with E-state index in [1.165, 1.54) is 23.1 Å². The van der Waals surface area contributed by atoms with Crippen LogP contribution in [0.2, 0.25) is 0 Å². The third kappa shape index (κ3) is 4.00. The van der Waals surface area contributed by atoms with Crippen molar-refractivity contribution >= 4 is 33.4 Å². The molecule has 0 saturated carbocycles. The predicted molar refractivity (Wildman–Crippen MR) is 111 cm³/mol. The minimum atomic E-state index is 0.487. The van der Waals surface area contributed by atoms with E-state index >= 15 is 0 Å². The molecule has 1 aromatic heterocycles. The Kier molecular flexibility index (Phi) is 5.80. The minimum Gasteiger partial charge on any atom is -0.497 e. The van der Waals surface area contributed by atoms with Gasteiger partial charge in [0.25, 0.3) is 0 Å². The molecule has 2 aromatic carbocycles. The second-order valence-electron chi connectivity index (χ2n) is 5.29. The summed E-state index contributed by atoms with van der Waals surface area (Å²) in [5, 5.41) is 1.12. The number of hydrogen-bond donors (Lipinski definition) is 1. The Morgan fingerprint density at radius 2 is 1.50 bits per heavy atom. The molecule has 0 aliphatic rings. The Morgan fingerprint density at radius 3 is 2.00 bits per heavy atom.